The van der Waals surface area contributed by atoms with Gasteiger partial charge in [0.2, 0.25) is 0 Å². The molecule has 0 saturated heterocycles. The fourth-order valence-corrected chi connectivity index (χ4v) is 1.58. The molecule has 0 amide bonds. The van der Waals surface area contributed by atoms with E-state index in [1.807, 2.05) is 12.1 Å². The highest BCUT2D eigenvalue weighted by Crippen LogP contribution is 2.11. The van der Waals surface area contributed by atoms with Crippen LogP contribution in [0.3, 0.4) is 0 Å². The molecule has 1 aromatic carbocycles. The zero-order chi connectivity index (χ0) is 12.0. The Kier molecular flexibility index (Phi) is 4.92. The monoisotopic (exact) mass is 237 g/mol. The predicted octanol–water partition coefficient (Wildman–Crippen LogP) is 3.01. The topological polar surface area (TPSA) is 38.3 Å². The van der Waals surface area contributed by atoms with E-state index in [9.17, 15) is 4.79 Å². The van der Waals surface area contributed by atoms with Crippen molar-refractivity contribution in [3.05, 3.63) is 29.8 Å². The number of esters is 1. The molecule has 0 aliphatic carbocycles. The summed E-state index contributed by atoms with van der Waals surface area (Å²) in [5, 5.41) is 3.11. The molecule has 0 radical (unpaired) electrons. The molecule has 0 unspecified atom stereocenters. The average Bonchev–Trinajstić information content (AvgIpc) is 2.29. The summed E-state index contributed by atoms with van der Waals surface area (Å²) in [7, 11) is 1.37. The fourth-order valence-electron chi connectivity index (χ4n) is 1.26. The van der Waals surface area contributed by atoms with E-state index in [1.54, 1.807) is 12.1 Å². The van der Waals surface area contributed by atoms with Gasteiger partial charge in [0.05, 0.1) is 17.7 Å². The summed E-state index contributed by atoms with van der Waals surface area (Å²) in [6, 6.07) is 7.05. The second kappa shape index (κ2) is 6.23. The van der Waals surface area contributed by atoms with Gasteiger partial charge in [-0.2, -0.15) is 0 Å². The molecule has 0 aliphatic rings. The summed E-state index contributed by atoms with van der Waals surface area (Å²) in [6.45, 7) is 2.08. The van der Waals surface area contributed by atoms with E-state index in [0.29, 0.717) is 5.56 Å². The number of carbonyl (C=O) groups is 1. The number of hydrogen-bond acceptors (Lipinski definition) is 3. The second-order valence-corrected chi connectivity index (χ2v) is 3.86. The van der Waals surface area contributed by atoms with Gasteiger partial charge in [0, 0.05) is 5.69 Å². The molecule has 1 aromatic rings. The van der Waals surface area contributed by atoms with Gasteiger partial charge in [-0.25, -0.2) is 4.79 Å². The lowest BCUT2D eigenvalue weighted by molar-refractivity contribution is 0.0601. The van der Waals surface area contributed by atoms with Crippen LogP contribution in [0.4, 0.5) is 5.69 Å². The molecule has 86 valence electrons. The Hall–Kier alpha value is -1.42. The molecule has 4 heteroatoms. The number of ether oxygens (including phenoxy) is 1. The average molecular weight is 237 g/mol. The normalized spacial score (nSPS) is 9.62. The lowest BCUT2D eigenvalue weighted by Crippen LogP contribution is -2.08. The number of rotatable bonds is 4. The molecule has 16 heavy (non-hydrogen) atoms. The van der Waals surface area contributed by atoms with Gasteiger partial charge in [-0.15, -0.1) is 0 Å². The Morgan fingerprint density at radius 1 is 1.38 bits per heavy atom. The van der Waals surface area contributed by atoms with E-state index in [1.165, 1.54) is 7.11 Å². The first-order valence-corrected chi connectivity index (χ1v) is 5.56. The number of methoxy groups -OCH3 is 1. The van der Waals surface area contributed by atoms with Crippen molar-refractivity contribution in [2.45, 2.75) is 19.8 Å². The van der Waals surface area contributed by atoms with Crippen molar-refractivity contribution < 1.29 is 9.53 Å². The predicted molar refractivity (Wildman–Crippen MR) is 68.9 cm³/mol. The Bertz CT molecular complexity index is 373. The summed E-state index contributed by atoms with van der Waals surface area (Å²) in [6.07, 6.45) is 1.89. The van der Waals surface area contributed by atoms with Crippen molar-refractivity contribution in [2.24, 2.45) is 0 Å². The summed E-state index contributed by atoms with van der Waals surface area (Å²) >= 11 is 5.14. The van der Waals surface area contributed by atoms with Crippen LogP contribution in [0.1, 0.15) is 30.1 Å². The molecular formula is C12H15NO2S. The van der Waals surface area contributed by atoms with E-state index >= 15 is 0 Å². The Morgan fingerprint density at radius 3 is 2.50 bits per heavy atom. The van der Waals surface area contributed by atoms with Gasteiger partial charge in [-0.05, 0) is 37.1 Å². The van der Waals surface area contributed by atoms with Crippen molar-refractivity contribution in [3.63, 3.8) is 0 Å². The van der Waals surface area contributed by atoms with Gasteiger partial charge >= 0.3 is 5.97 Å². The van der Waals surface area contributed by atoms with E-state index in [2.05, 4.69) is 17.0 Å². The maximum Gasteiger partial charge on any atom is 0.337 e. The van der Waals surface area contributed by atoms with Crippen LogP contribution in [-0.2, 0) is 4.74 Å². The fraction of sp³-hybridized carbons (Fsp3) is 0.333. The molecule has 0 heterocycles. The summed E-state index contributed by atoms with van der Waals surface area (Å²) in [5.41, 5.74) is 1.43. The lowest BCUT2D eigenvalue weighted by Gasteiger charge is -2.07. The van der Waals surface area contributed by atoms with Gasteiger partial charge in [-0.3, -0.25) is 0 Å². The first kappa shape index (κ1) is 12.6. The first-order valence-electron chi connectivity index (χ1n) is 5.15. The quantitative estimate of drug-likeness (QED) is 0.645. The highest BCUT2D eigenvalue weighted by Gasteiger charge is 2.04. The van der Waals surface area contributed by atoms with E-state index in [4.69, 9.17) is 12.2 Å². The van der Waals surface area contributed by atoms with Crippen LogP contribution >= 0.6 is 12.2 Å². The molecule has 3 nitrogen and oxygen atoms in total. The maximum absolute atomic E-state index is 11.2. The summed E-state index contributed by atoms with van der Waals surface area (Å²) in [5.74, 6) is -0.331. The van der Waals surface area contributed by atoms with Gasteiger partial charge in [0.15, 0.2) is 0 Å². The maximum atomic E-state index is 11.2. The molecule has 0 bridgehead atoms. The van der Waals surface area contributed by atoms with Crippen LogP contribution in [0.15, 0.2) is 24.3 Å². The van der Waals surface area contributed by atoms with Crippen LogP contribution in [-0.4, -0.2) is 18.1 Å². The first-order chi connectivity index (χ1) is 7.67. The molecule has 0 aromatic heterocycles. The minimum Gasteiger partial charge on any atom is -0.465 e. The standard InChI is InChI=1S/C12H15NO2S/c1-3-4-11(16)13-10-7-5-9(6-8-10)12(14)15-2/h5-8H,3-4H2,1-2H3,(H,13,16). The molecular weight excluding hydrogens is 222 g/mol. The van der Waals surface area contributed by atoms with E-state index < -0.39 is 0 Å². The van der Waals surface area contributed by atoms with Crippen LogP contribution in [0, 0.1) is 0 Å². The van der Waals surface area contributed by atoms with Crippen molar-refractivity contribution >= 4 is 28.9 Å². The van der Waals surface area contributed by atoms with Crippen molar-refractivity contribution in [1.82, 2.24) is 0 Å². The molecule has 0 spiro atoms. The molecule has 0 saturated carbocycles. The molecule has 0 atom stereocenters. The van der Waals surface area contributed by atoms with Crippen molar-refractivity contribution in [1.29, 1.82) is 0 Å². The SMILES string of the molecule is CCCC(=S)Nc1ccc(C(=O)OC)cc1. The minimum absolute atomic E-state index is 0.331. The van der Waals surface area contributed by atoms with Crippen molar-refractivity contribution in [2.75, 3.05) is 12.4 Å². The van der Waals surface area contributed by atoms with Crippen LogP contribution in [0.2, 0.25) is 0 Å². The van der Waals surface area contributed by atoms with Gasteiger partial charge in [-0.1, -0.05) is 19.1 Å². The molecule has 0 aliphatic heterocycles. The molecule has 0 fully saturated rings. The second-order valence-electron chi connectivity index (χ2n) is 3.37. The highest BCUT2D eigenvalue weighted by molar-refractivity contribution is 7.80. The van der Waals surface area contributed by atoms with Crippen molar-refractivity contribution in [3.8, 4) is 0 Å². The Labute approximate surface area is 101 Å². The van der Waals surface area contributed by atoms with Gasteiger partial charge in [0.25, 0.3) is 0 Å². The summed E-state index contributed by atoms with van der Waals surface area (Å²) < 4.78 is 4.61. The van der Waals surface area contributed by atoms with Crippen LogP contribution in [0.5, 0.6) is 0 Å². The minimum atomic E-state index is -0.331. The number of benzene rings is 1. The highest BCUT2D eigenvalue weighted by atomic mass is 32.1. The number of anilines is 1. The molecule has 1 N–H and O–H groups in total. The van der Waals surface area contributed by atoms with E-state index in [-0.39, 0.29) is 5.97 Å². The van der Waals surface area contributed by atoms with E-state index in [0.717, 1.165) is 23.5 Å². The lowest BCUT2D eigenvalue weighted by atomic mass is 10.2. The third kappa shape index (κ3) is 3.62. The number of hydrogen-bond donors (Lipinski definition) is 1. The molecule has 1 rings (SSSR count). The zero-order valence-electron chi connectivity index (χ0n) is 9.45. The smallest absolute Gasteiger partial charge is 0.337 e. The van der Waals surface area contributed by atoms with Crippen LogP contribution < -0.4 is 5.32 Å². The third-order valence-corrected chi connectivity index (χ3v) is 2.37. The van der Waals surface area contributed by atoms with Gasteiger partial charge < -0.3 is 10.1 Å². The summed E-state index contributed by atoms with van der Waals surface area (Å²) in [4.78, 5) is 12.0. The van der Waals surface area contributed by atoms with Crippen LogP contribution in [0.25, 0.3) is 0 Å². The Balaban J connectivity index is 2.64. The van der Waals surface area contributed by atoms with Gasteiger partial charge in [0.1, 0.15) is 0 Å². The Morgan fingerprint density at radius 2 is 2.00 bits per heavy atom. The number of thiocarbonyl (C=S) groups is 1. The number of carbonyl (C=O) groups excluding carboxylic acids is 1. The zero-order valence-corrected chi connectivity index (χ0v) is 10.3. The third-order valence-electron chi connectivity index (χ3n) is 2.07. The largest absolute Gasteiger partial charge is 0.465 e. The number of nitrogens with one attached hydrogen (secondary N) is 1.